The van der Waals surface area contributed by atoms with Crippen molar-refractivity contribution in [2.75, 3.05) is 14.2 Å². The third-order valence-corrected chi connectivity index (χ3v) is 4.25. The first-order valence-corrected chi connectivity index (χ1v) is 8.64. The van der Waals surface area contributed by atoms with Gasteiger partial charge in [-0.2, -0.15) is 0 Å². The Hall–Kier alpha value is -2.50. The molecule has 142 valence electrons. The highest BCUT2D eigenvalue weighted by Crippen LogP contribution is 2.25. The van der Waals surface area contributed by atoms with Crippen molar-refractivity contribution in [3.8, 4) is 0 Å². The zero-order valence-corrected chi connectivity index (χ0v) is 16.6. The minimum Gasteiger partial charge on any atom is -0.467 e. The quantitative estimate of drug-likeness (QED) is 0.843. The molecule has 0 radical (unpaired) electrons. The number of esters is 1. The molecule has 6 nitrogen and oxygen atoms in total. The van der Waals surface area contributed by atoms with Crippen LogP contribution in [0.4, 0.5) is 4.79 Å². The number of aromatic amines is 1. The van der Waals surface area contributed by atoms with E-state index in [1.807, 2.05) is 20.0 Å². The average molecular weight is 360 g/mol. The maximum Gasteiger partial charge on any atom is 0.410 e. The summed E-state index contributed by atoms with van der Waals surface area (Å²) in [7, 11) is 2.88. The molecule has 1 heterocycles. The number of hydrogen-bond donors (Lipinski definition) is 1. The van der Waals surface area contributed by atoms with E-state index in [-0.39, 0.29) is 0 Å². The summed E-state index contributed by atoms with van der Waals surface area (Å²) < 4.78 is 10.3. The average Bonchev–Trinajstić information content (AvgIpc) is 2.92. The van der Waals surface area contributed by atoms with E-state index >= 15 is 0 Å². The molecule has 2 rings (SSSR count). The van der Waals surface area contributed by atoms with Crippen molar-refractivity contribution in [3.63, 3.8) is 0 Å². The number of fused-ring (bicyclic) bond motifs is 1. The number of nitrogens with one attached hydrogen (secondary N) is 1. The highest BCUT2D eigenvalue weighted by Gasteiger charge is 2.31. The number of hydrogen-bond acceptors (Lipinski definition) is 4. The second-order valence-corrected chi connectivity index (χ2v) is 7.65. The largest absolute Gasteiger partial charge is 0.467 e. The van der Waals surface area contributed by atoms with Crippen LogP contribution in [0.25, 0.3) is 10.9 Å². The first-order chi connectivity index (χ1) is 12.0. The highest BCUT2D eigenvalue weighted by atomic mass is 16.6. The second kappa shape index (κ2) is 7.40. The van der Waals surface area contributed by atoms with Gasteiger partial charge in [0.05, 0.1) is 7.11 Å². The van der Waals surface area contributed by atoms with Crippen LogP contribution in [0.15, 0.2) is 18.3 Å². The summed E-state index contributed by atoms with van der Waals surface area (Å²) in [5, 5.41) is 1.05. The molecule has 0 saturated heterocycles. The number of nitrogens with zero attached hydrogens (tertiary/aromatic N) is 1. The van der Waals surface area contributed by atoms with Crippen LogP contribution >= 0.6 is 0 Å². The molecule has 6 heteroatoms. The summed E-state index contributed by atoms with van der Waals surface area (Å²) in [6.45, 7) is 9.44. The van der Waals surface area contributed by atoms with E-state index in [2.05, 4.69) is 17.1 Å². The number of amides is 1. The summed E-state index contributed by atoms with van der Waals surface area (Å²) in [5.74, 6) is -0.475. The monoisotopic (exact) mass is 360 g/mol. The van der Waals surface area contributed by atoms with Crippen molar-refractivity contribution < 1.29 is 19.1 Å². The minimum absolute atomic E-state index is 0.339. The Kier molecular flexibility index (Phi) is 5.64. The van der Waals surface area contributed by atoms with Gasteiger partial charge in [-0.3, -0.25) is 4.90 Å². The lowest BCUT2D eigenvalue weighted by Crippen LogP contribution is -2.46. The van der Waals surface area contributed by atoms with Crippen molar-refractivity contribution in [1.29, 1.82) is 0 Å². The van der Waals surface area contributed by atoms with E-state index in [0.717, 1.165) is 27.6 Å². The topological polar surface area (TPSA) is 71.6 Å². The van der Waals surface area contributed by atoms with Crippen LogP contribution < -0.4 is 0 Å². The molecular weight excluding hydrogens is 332 g/mol. The minimum atomic E-state index is -0.769. The summed E-state index contributed by atoms with van der Waals surface area (Å²) in [6, 6.07) is 3.41. The molecule has 1 amide bonds. The standard InChI is InChI=1S/C20H28N2O4/c1-12-8-13(2)17-15(9-12)14(11-21-17)10-16(18(23)25-7)22(6)19(24)26-20(3,4)5/h8-9,11,16,21H,10H2,1-7H3/t16-/m1/s1. The number of ether oxygens (including phenoxy) is 2. The van der Waals surface area contributed by atoms with Crippen LogP contribution in [-0.4, -0.2) is 47.7 Å². The number of carbonyl (C=O) groups excluding carboxylic acids is 2. The van der Waals surface area contributed by atoms with E-state index < -0.39 is 23.7 Å². The van der Waals surface area contributed by atoms with Gasteiger partial charge >= 0.3 is 12.1 Å². The molecule has 0 spiro atoms. The Labute approximate surface area is 154 Å². The SMILES string of the molecule is COC(=O)[C@@H](Cc1c[nH]c2c(C)cc(C)cc12)N(C)C(=O)OC(C)(C)C. The fourth-order valence-corrected chi connectivity index (χ4v) is 3.00. The van der Waals surface area contributed by atoms with Crippen LogP contribution in [0.5, 0.6) is 0 Å². The fraction of sp³-hybridized carbons (Fsp3) is 0.500. The van der Waals surface area contributed by atoms with Crippen LogP contribution in [0, 0.1) is 13.8 Å². The smallest absolute Gasteiger partial charge is 0.410 e. The van der Waals surface area contributed by atoms with Crippen LogP contribution in [-0.2, 0) is 20.7 Å². The van der Waals surface area contributed by atoms with Gasteiger partial charge in [0.25, 0.3) is 0 Å². The molecular formula is C20H28N2O4. The van der Waals surface area contributed by atoms with Crippen LogP contribution in [0.3, 0.4) is 0 Å². The van der Waals surface area contributed by atoms with E-state index in [0.29, 0.717) is 6.42 Å². The van der Waals surface area contributed by atoms with Gasteiger partial charge in [0.1, 0.15) is 11.6 Å². The number of aromatic nitrogens is 1. The van der Waals surface area contributed by atoms with Crippen molar-refractivity contribution >= 4 is 23.0 Å². The first-order valence-electron chi connectivity index (χ1n) is 8.64. The number of rotatable bonds is 4. The second-order valence-electron chi connectivity index (χ2n) is 7.65. The third-order valence-electron chi connectivity index (χ3n) is 4.25. The van der Waals surface area contributed by atoms with Crippen molar-refractivity contribution in [2.24, 2.45) is 0 Å². The van der Waals surface area contributed by atoms with Gasteiger partial charge in [-0.05, 0) is 51.8 Å². The first kappa shape index (κ1) is 19.8. The lowest BCUT2D eigenvalue weighted by Gasteiger charge is -2.29. The Morgan fingerprint density at radius 1 is 1.23 bits per heavy atom. The summed E-state index contributed by atoms with van der Waals surface area (Å²) in [4.78, 5) is 29.3. The number of benzene rings is 1. The number of H-pyrrole nitrogens is 1. The van der Waals surface area contributed by atoms with Gasteiger partial charge < -0.3 is 14.5 Å². The van der Waals surface area contributed by atoms with E-state index in [4.69, 9.17) is 9.47 Å². The predicted molar refractivity (Wildman–Crippen MR) is 101 cm³/mol. The third kappa shape index (κ3) is 4.36. The van der Waals surface area contributed by atoms with Crippen molar-refractivity contribution in [3.05, 3.63) is 35.0 Å². The molecule has 0 aliphatic rings. The normalized spacial score (nSPS) is 12.7. The molecule has 1 atom stereocenters. The van der Waals surface area contributed by atoms with Crippen LogP contribution in [0.2, 0.25) is 0 Å². The van der Waals surface area contributed by atoms with Crippen molar-refractivity contribution in [2.45, 2.75) is 52.7 Å². The van der Waals surface area contributed by atoms with Gasteiger partial charge in [0.15, 0.2) is 0 Å². The maximum absolute atomic E-state index is 12.4. The fourth-order valence-electron chi connectivity index (χ4n) is 3.00. The highest BCUT2D eigenvalue weighted by molar-refractivity contribution is 5.88. The Morgan fingerprint density at radius 2 is 1.88 bits per heavy atom. The molecule has 0 aliphatic carbocycles. The molecule has 0 saturated carbocycles. The van der Waals surface area contributed by atoms with E-state index in [9.17, 15) is 9.59 Å². The van der Waals surface area contributed by atoms with E-state index in [1.165, 1.54) is 12.0 Å². The molecule has 26 heavy (non-hydrogen) atoms. The van der Waals surface area contributed by atoms with Gasteiger partial charge in [0.2, 0.25) is 0 Å². The molecule has 1 aromatic heterocycles. The van der Waals surface area contributed by atoms with Gasteiger partial charge in [-0.1, -0.05) is 11.6 Å². The predicted octanol–water partition coefficient (Wildman–Crippen LogP) is 3.74. The lowest BCUT2D eigenvalue weighted by atomic mass is 10.0. The number of aryl methyl sites for hydroxylation is 2. The van der Waals surface area contributed by atoms with Crippen LogP contribution in [0.1, 0.15) is 37.5 Å². The molecule has 0 fully saturated rings. The number of likely N-dealkylation sites (N-methyl/N-ethyl adjacent to an activating group) is 1. The Morgan fingerprint density at radius 3 is 2.46 bits per heavy atom. The molecule has 1 N–H and O–H groups in total. The molecule has 2 aromatic rings. The van der Waals surface area contributed by atoms with Gasteiger partial charge in [-0.15, -0.1) is 0 Å². The Bertz CT molecular complexity index is 817. The number of carbonyl (C=O) groups is 2. The zero-order valence-electron chi connectivity index (χ0n) is 16.6. The van der Waals surface area contributed by atoms with Crippen molar-refractivity contribution in [1.82, 2.24) is 9.88 Å². The number of methoxy groups -OCH3 is 1. The summed E-state index contributed by atoms with van der Waals surface area (Å²) in [5.41, 5.74) is 3.64. The van der Waals surface area contributed by atoms with Gasteiger partial charge in [0, 0.05) is 30.6 Å². The molecule has 0 unspecified atom stereocenters. The summed E-state index contributed by atoms with van der Waals surface area (Å²) in [6.07, 6.45) is 1.67. The maximum atomic E-state index is 12.4. The Balaban J connectivity index is 2.34. The lowest BCUT2D eigenvalue weighted by molar-refractivity contribution is -0.146. The van der Waals surface area contributed by atoms with Gasteiger partial charge in [-0.25, -0.2) is 9.59 Å². The summed E-state index contributed by atoms with van der Waals surface area (Å²) >= 11 is 0. The molecule has 0 bridgehead atoms. The molecule has 0 aliphatic heterocycles. The zero-order chi connectivity index (χ0) is 19.6. The van der Waals surface area contributed by atoms with E-state index in [1.54, 1.807) is 27.8 Å². The molecule has 1 aromatic carbocycles.